The van der Waals surface area contributed by atoms with Crippen molar-refractivity contribution in [3.05, 3.63) is 29.8 Å². The average molecular weight is 315 g/mol. The number of nitrogens with one attached hydrogen (secondary N) is 1. The summed E-state index contributed by atoms with van der Waals surface area (Å²) in [7, 11) is 1.39. The van der Waals surface area contributed by atoms with Gasteiger partial charge in [0.05, 0.1) is 13.0 Å². The van der Waals surface area contributed by atoms with Gasteiger partial charge in [0.15, 0.2) is 0 Å². The molecule has 5 nitrogen and oxygen atoms in total. The summed E-state index contributed by atoms with van der Waals surface area (Å²) < 4.78 is 4.66. The Balaban J connectivity index is 0.00000400. The Hall–Kier alpha value is -1.75. The summed E-state index contributed by atoms with van der Waals surface area (Å²) in [6, 6.07) is 6.80. The Bertz CT molecular complexity index is 449. The Labute approximate surface area is 131 Å². The van der Waals surface area contributed by atoms with Crippen molar-refractivity contribution in [1.82, 2.24) is 5.32 Å². The van der Waals surface area contributed by atoms with E-state index in [1.54, 1.807) is 24.3 Å². The number of hydrogen-bond acceptors (Lipinski definition) is 4. The highest BCUT2D eigenvalue weighted by Crippen LogP contribution is 2.09. The Kier molecular flexibility index (Phi) is 9.21. The van der Waals surface area contributed by atoms with Crippen molar-refractivity contribution in [2.45, 2.75) is 26.2 Å². The van der Waals surface area contributed by atoms with Crippen LogP contribution in [-0.4, -0.2) is 25.5 Å². The molecule has 0 spiro atoms. The van der Waals surface area contributed by atoms with Crippen LogP contribution in [0.25, 0.3) is 0 Å². The predicted molar refractivity (Wildman–Crippen MR) is 85.5 cm³/mol. The van der Waals surface area contributed by atoms with Gasteiger partial charge < -0.3 is 15.8 Å². The first-order valence-corrected chi connectivity index (χ1v) is 6.76. The molecule has 0 saturated heterocycles. The molecule has 3 N–H and O–H groups in total. The van der Waals surface area contributed by atoms with Crippen molar-refractivity contribution in [3.8, 4) is 0 Å². The van der Waals surface area contributed by atoms with Gasteiger partial charge in [0.1, 0.15) is 0 Å². The van der Waals surface area contributed by atoms with Crippen LogP contribution in [0.2, 0.25) is 0 Å². The lowest BCUT2D eigenvalue weighted by Crippen LogP contribution is -2.24. The lowest BCUT2D eigenvalue weighted by molar-refractivity contribution is -0.145. The van der Waals surface area contributed by atoms with E-state index in [4.69, 9.17) is 5.73 Å². The van der Waals surface area contributed by atoms with E-state index < -0.39 is 0 Å². The van der Waals surface area contributed by atoms with Crippen molar-refractivity contribution >= 4 is 30.0 Å². The Morgan fingerprint density at radius 1 is 1.24 bits per heavy atom. The van der Waals surface area contributed by atoms with Crippen LogP contribution < -0.4 is 11.1 Å². The minimum absolute atomic E-state index is 0. The zero-order valence-electron chi connectivity index (χ0n) is 12.4. The van der Waals surface area contributed by atoms with Crippen molar-refractivity contribution in [2.75, 3.05) is 19.4 Å². The number of benzene rings is 1. The number of carbonyl (C=O) groups is 2. The van der Waals surface area contributed by atoms with E-state index in [1.807, 2.05) is 6.92 Å². The van der Waals surface area contributed by atoms with E-state index in [-0.39, 0.29) is 30.2 Å². The van der Waals surface area contributed by atoms with Crippen LogP contribution in [0.15, 0.2) is 24.3 Å². The summed E-state index contributed by atoms with van der Waals surface area (Å²) in [5, 5.41) is 2.84. The summed E-state index contributed by atoms with van der Waals surface area (Å²) in [4.78, 5) is 23.0. The Morgan fingerprint density at radius 3 is 2.43 bits per heavy atom. The number of ether oxygens (including phenoxy) is 1. The van der Waals surface area contributed by atoms with E-state index in [2.05, 4.69) is 10.1 Å². The largest absolute Gasteiger partial charge is 0.469 e. The fourth-order valence-electron chi connectivity index (χ4n) is 1.83. The minimum Gasteiger partial charge on any atom is -0.469 e. The molecule has 1 rings (SSSR count). The molecule has 1 amide bonds. The zero-order valence-corrected chi connectivity index (χ0v) is 13.2. The number of carbonyl (C=O) groups excluding carboxylic acids is 2. The molecule has 1 aromatic rings. The van der Waals surface area contributed by atoms with Gasteiger partial charge in [-0.1, -0.05) is 13.3 Å². The van der Waals surface area contributed by atoms with Gasteiger partial charge in [0.2, 0.25) is 0 Å². The maximum atomic E-state index is 11.8. The second-order valence-corrected chi connectivity index (χ2v) is 4.80. The highest BCUT2D eigenvalue weighted by atomic mass is 35.5. The molecule has 0 bridgehead atoms. The highest BCUT2D eigenvalue weighted by Gasteiger charge is 2.12. The third-order valence-electron chi connectivity index (χ3n) is 3.13. The fraction of sp³-hybridized carbons (Fsp3) is 0.467. The van der Waals surface area contributed by atoms with Gasteiger partial charge in [-0.05, 0) is 37.1 Å². The molecule has 1 atom stereocenters. The number of amides is 1. The lowest BCUT2D eigenvalue weighted by atomic mass is 10.0. The first kappa shape index (κ1) is 19.2. The smallest absolute Gasteiger partial charge is 0.308 e. The second kappa shape index (κ2) is 10.0. The number of hydrogen-bond donors (Lipinski definition) is 2. The molecule has 6 heteroatoms. The molecule has 1 aromatic carbocycles. The second-order valence-electron chi connectivity index (χ2n) is 4.80. The van der Waals surface area contributed by atoms with E-state index in [0.29, 0.717) is 17.8 Å². The summed E-state index contributed by atoms with van der Waals surface area (Å²) >= 11 is 0. The van der Waals surface area contributed by atoms with Gasteiger partial charge in [0, 0.05) is 17.8 Å². The molecule has 0 aliphatic rings. The van der Waals surface area contributed by atoms with Gasteiger partial charge in [-0.25, -0.2) is 0 Å². The molecule has 0 fully saturated rings. The van der Waals surface area contributed by atoms with Gasteiger partial charge in [0.25, 0.3) is 5.91 Å². The van der Waals surface area contributed by atoms with E-state index in [9.17, 15) is 9.59 Å². The normalized spacial score (nSPS) is 11.1. The van der Waals surface area contributed by atoms with E-state index in [1.165, 1.54) is 7.11 Å². The lowest BCUT2D eigenvalue weighted by Gasteiger charge is -2.09. The quantitative estimate of drug-likeness (QED) is 0.460. The summed E-state index contributed by atoms with van der Waals surface area (Å²) in [5.41, 5.74) is 6.80. The van der Waals surface area contributed by atoms with Crippen molar-refractivity contribution < 1.29 is 14.3 Å². The maximum Gasteiger partial charge on any atom is 0.308 e. The summed E-state index contributed by atoms with van der Waals surface area (Å²) in [5.74, 6) is -0.380. The van der Waals surface area contributed by atoms with Gasteiger partial charge in [-0.2, -0.15) is 0 Å². The molecule has 0 aromatic heterocycles. The maximum absolute atomic E-state index is 11.8. The molecule has 0 saturated carbocycles. The molecular weight excluding hydrogens is 292 g/mol. The highest BCUT2D eigenvalue weighted by molar-refractivity contribution is 5.94. The van der Waals surface area contributed by atoms with Crippen LogP contribution in [0.3, 0.4) is 0 Å². The molecule has 21 heavy (non-hydrogen) atoms. The molecule has 0 aliphatic heterocycles. The number of rotatable bonds is 7. The zero-order chi connectivity index (χ0) is 15.0. The third kappa shape index (κ3) is 6.99. The van der Waals surface area contributed by atoms with Gasteiger partial charge in [-0.3, -0.25) is 9.59 Å². The van der Waals surface area contributed by atoms with E-state index in [0.717, 1.165) is 19.3 Å². The molecule has 118 valence electrons. The molecule has 0 aliphatic carbocycles. The number of methoxy groups -OCH3 is 1. The fourth-order valence-corrected chi connectivity index (χ4v) is 1.83. The topological polar surface area (TPSA) is 81.4 Å². The predicted octanol–water partition coefficient (Wildman–Crippen LogP) is 2.40. The number of halogens is 1. The number of esters is 1. The summed E-state index contributed by atoms with van der Waals surface area (Å²) in [6.07, 6.45) is 2.48. The number of unbranched alkanes of at least 4 members (excludes halogenated alkanes) is 1. The first-order valence-electron chi connectivity index (χ1n) is 6.76. The summed E-state index contributed by atoms with van der Waals surface area (Å²) in [6.45, 7) is 2.44. The first-order chi connectivity index (χ1) is 9.54. The van der Waals surface area contributed by atoms with Crippen LogP contribution in [0.5, 0.6) is 0 Å². The monoisotopic (exact) mass is 314 g/mol. The van der Waals surface area contributed by atoms with Gasteiger partial charge >= 0.3 is 5.97 Å². The van der Waals surface area contributed by atoms with E-state index >= 15 is 0 Å². The molecule has 1 unspecified atom stereocenters. The molecule has 0 radical (unpaired) electrons. The number of anilines is 1. The van der Waals surface area contributed by atoms with Crippen LogP contribution >= 0.6 is 12.4 Å². The van der Waals surface area contributed by atoms with Crippen molar-refractivity contribution in [2.24, 2.45) is 5.92 Å². The molecule has 0 heterocycles. The van der Waals surface area contributed by atoms with Crippen molar-refractivity contribution in [3.63, 3.8) is 0 Å². The Morgan fingerprint density at radius 2 is 1.86 bits per heavy atom. The molecular formula is C15H23ClN2O3. The van der Waals surface area contributed by atoms with Gasteiger partial charge in [-0.15, -0.1) is 12.4 Å². The van der Waals surface area contributed by atoms with Crippen LogP contribution in [0.1, 0.15) is 36.5 Å². The average Bonchev–Trinajstić information content (AvgIpc) is 2.46. The van der Waals surface area contributed by atoms with Crippen LogP contribution in [-0.2, 0) is 9.53 Å². The standard InChI is InChI=1S/C15H22N2O3.ClH/c1-11(15(19)20-2)5-3-4-10-17-14(18)12-6-8-13(16)9-7-12;/h6-9,11H,3-5,10,16H2,1-2H3,(H,17,18);1H. The van der Waals surface area contributed by atoms with Crippen molar-refractivity contribution in [1.29, 1.82) is 0 Å². The van der Waals surface area contributed by atoms with Crippen LogP contribution in [0.4, 0.5) is 5.69 Å². The number of nitrogen functional groups attached to an aromatic ring is 1. The minimum atomic E-state index is -0.184. The number of nitrogens with two attached hydrogens (primary N) is 1. The van der Waals surface area contributed by atoms with Crippen LogP contribution in [0, 0.1) is 5.92 Å². The SMILES string of the molecule is COC(=O)C(C)CCCCNC(=O)c1ccc(N)cc1.Cl. The third-order valence-corrected chi connectivity index (χ3v) is 3.13.